The Labute approximate surface area is 326 Å². The molecule has 2 spiro atoms. The summed E-state index contributed by atoms with van der Waals surface area (Å²) in [4.78, 5) is 0. The van der Waals surface area contributed by atoms with E-state index in [0.717, 1.165) is 38.7 Å². The largest absolute Gasteiger partial charge is 0.407 e. The first-order chi connectivity index (χ1) is 26.1. The van der Waals surface area contributed by atoms with Crippen LogP contribution in [-0.2, 0) is 27.1 Å². The van der Waals surface area contributed by atoms with Crippen LogP contribution in [0.1, 0.15) is 96.6 Å². The van der Waals surface area contributed by atoms with Crippen molar-refractivity contribution in [2.24, 2.45) is 28.6 Å². The first-order valence-corrected chi connectivity index (χ1v) is 22.7. The van der Waals surface area contributed by atoms with Gasteiger partial charge in [-0.3, -0.25) is 0 Å². The van der Waals surface area contributed by atoms with Gasteiger partial charge in [0.05, 0.1) is 25.4 Å². The Bertz CT molecular complexity index is 1690. The lowest BCUT2D eigenvalue weighted by Gasteiger charge is -2.54. The Kier molecular flexibility index (Phi) is 12.3. The summed E-state index contributed by atoms with van der Waals surface area (Å²) in [5.74, 6) is 1.42. The summed E-state index contributed by atoms with van der Waals surface area (Å²) in [6.45, 7) is 12.4. The number of ether oxygens (including phenoxy) is 2. The topological polar surface area (TPSA) is 47.9 Å². The zero-order valence-electron chi connectivity index (χ0n) is 33.3. The van der Waals surface area contributed by atoms with E-state index >= 15 is 0 Å². The van der Waals surface area contributed by atoms with Crippen molar-refractivity contribution in [3.8, 4) is 0 Å². The fourth-order valence-corrected chi connectivity index (χ4v) is 15.8. The van der Waals surface area contributed by atoms with Crippen LogP contribution in [0, 0.1) is 28.6 Å². The van der Waals surface area contributed by atoms with Gasteiger partial charge in [0.25, 0.3) is 8.32 Å². The Morgan fingerprint density at radius 1 is 0.722 bits per heavy atom. The minimum Gasteiger partial charge on any atom is -0.407 e. The van der Waals surface area contributed by atoms with Gasteiger partial charge in [0.15, 0.2) is 0 Å². The maximum Gasteiger partial charge on any atom is 0.261 e. The van der Waals surface area contributed by atoms with Gasteiger partial charge in [-0.15, -0.1) is 0 Å². The minimum atomic E-state index is -2.66. The maximum atomic E-state index is 11.7. The van der Waals surface area contributed by atoms with Crippen LogP contribution >= 0.6 is 0 Å². The molecule has 0 heterocycles. The van der Waals surface area contributed by atoms with Gasteiger partial charge in [0.1, 0.15) is 0 Å². The van der Waals surface area contributed by atoms with Gasteiger partial charge >= 0.3 is 0 Å². The molecule has 4 nitrogen and oxygen atoms in total. The summed E-state index contributed by atoms with van der Waals surface area (Å²) in [6.07, 6.45) is 9.71. The molecule has 3 fully saturated rings. The zero-order valence-corrected chi connectivity index (χ0v) is 34.3. The standard InChI is InChI=1S/C49H64O4Si/c1-38-25-27-48(30-41(29-43(50)32-48)36-53-54(47(2,3)4,44-21-13-7-14-22-44)45-23-15-8-16-24-45)37-49(38)31-42(26-28-51-34-39-17-9-5-10-18-39)46(33-49)52-35-40-19-11-6-12-20-40/h5-24,38,41-43,46,50H,25-37H2,1-4H3/t38-,41+,42+,43-,46-,48-,49-/m0/s1. The second-order valence-corrected chi connectivity index (χ2v) is 22.8. The summed E-state index contributed by atoms with van der Waals surface area (Å²) in [5.41, 5.74) is 2.81. The number of hydrogen-bond acceptors (Lipinski definition) is 4. The highest BCUT2D eigenvalue weighted by Crippen LogP contribution is 2.63. The lowest BCUT2D eigenvalue weighted by molar-refractivity contribution is -0.0748. The lowest BCUT2D eigenvalue weighted by atomic mass is 9.51. The van der Waals surface area contributed by atoms with Gasteiger partial charge in [-0.05, 0) is 113 Å². The molecule has 54 heavy (non-hydrogen) atoms. The van der Waals surface area contributed by atoms with Crippen LogP contribution in [0.5, 0.6) is 0 Å². The monoisotopic (exact) mass is 744 g/mol. The smallest absolute Gasteiger partial charge is 0.261 e. The van der Waals surface area contributed by atoms with E-state index in [4.69, 9.17) is 13.9 Å². The van der Waals surface area contributed by atoms with Crippen molar-refractivity contribution in [3.63, 3.8) is 0 Å². The molecule has 3 saturated carbocycles. The average molecular weight is 745 g/mol. The highest BCUT2D eigenvalue weighted by Gasteiger charge is 2.57. The highest BCUT2D eigenvalue weighted by molar-refractivity contribution is 6.99. The molecule has 0 aromatic heterocycles. The summed E-state index contributed by atoms with van der Waals surface area (Å²) >= 11 is 0. The molecule has 7 atom stereocenters. The second-order valence-electron chi connectivity index (χ2n) is 18.4. The number of aliphatic hydroxyl groups excluding tert-OH is 1. The number of hydrogen-bond donors (Lipinski definition) is 1. The molecule has 3 aliphatic rings. The third kappa shape index (κ3) is 8.66. The molecule has 0 saturated heterocycles. The van der Waals surface area contributed by atoms with Gasteiger partial charge in [-0.25, -0.2) is 0 Å². The third-order valence-electron chi connectivity index (χ3n) is 13.7. The van der Waals surface area contributed by atoms with Crippen molar-refractivity contribution in [2.45, 2.75) is 116 Å². The van der Waals surface area contributed by atoms with Crippen molar-refractivity contribution < 1.29 is 19.0 Å². The molecule has 5 heteroatoms. The zero-order chi connectivity index (χ0) is 37.7. The second kappa shape index (κ2) is 17.0. The highest BCUT2D eigenvalue weighted by atomic mass is 28.4. The fraction of sp³-hybridized carbons (Fsp3) is 0.510. The summed E-state index contributed by atoms with van der Waals surface area (Å²) < 4.78 is 20.7. The molecule has 0 aliphatic heterocycles. The van der Waals surface area contributed by atoms with Crippen molar-refractivity contribution in [1.82, 2.24) is 0 Å². The van der Waals surface area contributed by atoms with Crippen LogP contribution in [-0.4, -0.2) is 38.8 Å². The van der Waals surface area contributed by atoms with Gasteiger partial charge < -0.3 is 19.0 Å². The molecule has 4 aromatic rings. The van der Waals surface area contributed by atoms with Gasteiger partial charge in [-0.1, -0.05) is 149 Å². The summed E-state index contributed by atoms with van der Waals surface area (Å²) in [5, 5.41) is 14.3. The first kappa shape index (κ1) is 39.2. The Morgan fingerprint density at radius 2 is 1.30 bits per heavy atom. The molecule has 0 bridgehead atoms. The third-order valence-corrected chi connectivity index (χ3v) is 18.7. The van der Waals surface area contributed by atoms with E-state index in [1.54, 1.807) is 0 Å². The van der Waals surface area contributed by atoms with Crippen LogP contribution < -0.4 is 10.4 Å². The molecule has 0 amide bonds. The van der Waals surface area contributed by atoms with Crippen LogP contribution in [0.25, 0.3) is 0 Å². The average Bonchev–Trinajstić information content (AvgIpc) is 3.52. The quantitative estimate of drug-likeness (QED) is 0.109. The molecule has 288 valence electrons. The van der Waals surface area contributed by atoms with E-state index in [1.165, 1.54) is 47.2 Å². The van der Waals surface area contributed by atoms with E-state index in [2.05, 4.69) is 149 Å². The van der Waals surface area contributed by atoms with Crippen LogP contribution in [0.3, 0.4) is 0 Å². The van der Waals surface area contributed by atoms with Crippen LogP contribution in [0.2, 0.25) is 5.04 Å². The van der Waals surface area contributed by atoms with Gasteiger partial charge in [-0.2, -0.15) is 0 Å². The minimum absolute atomic E-state index is 0.0660. The number of rotatable bonds is 13. The predicted octanol–water partition coefficient (Wildman–Crippen LogP) is 10.1. The van der Waals surface area contributed by atoms with E-state index in [-0.39, 0.29) is 28.1 Å². The van der Waals surface area contributed by atoms with Crippen LogP contribution in [0.15, 0.2) is 121 Å². The van der Waals surface area contributed by atoms with E-state index in [1.807, 2.05) is 0 Å². The van der Waals surface area contributed by atoms with Crippen LogP contribution in [0.4, 0.5) is 0 Å². The lowest BCUT2D eigenvalue weighted by Crippen LogP contribution is -2.67. The molecule has 1 N–H and O–H groups in total. The maximum absolute atomic E-state index is 11.7. The Morgan fingerprint density at radius 3 is 1.89 bits per heavy atom. The predicted molar refractivity (Wildman–Crippen MR) is 223 cm³/mol. The number of benzene rings is 4. The summed E-state index contributed by atoms with van der Waals surface area (Å²) in [7, 11) is -2.66. The molecule has 0 radical (unpaired) electrons. The number of aliphatic hydroxyl groups is 1. The molecule has 4 aromatic carbocycles. The van der Waals surface area contributed by atoms with Crippen molar-refractivity contribution in [3.05, 3.63) is 132 Å². The van der Waals surface area contributed by atoms with E-state index < -0.39 is 8.32 Å². The molecular formula is C49H64O4Si. The van der Waals surface area contributed by atoms with Crippen molar-refractivity contribution in [1.29, 1.82) is 0 Å². The van der Waals surface area contributed by atoms with Crippen molar-refractivity contribution >= 4 is 18.7 Å². The molecule has 7 rings (SSSR count). The van der Waals surface area contributed by atoms with Crippen molar-refractivity contribution in [2.75, 3.05) is 13.2 Å². The first-order valence-electron chi connectivity index (χ1n) is 20.8. The molecule has 3 aliphatic carbocycles. The Hall–Kier alpha value is -3.06. The van der Waals surface area contributed by atoms with Gasteiger partial charge in [0.2, 0.25) is 0 Å². The van der Waals surface area contributed by atoms with E-state index in [0.29, 0.717) is 37.6 Å². The molecule has 0 unspecified atom stereocenters. The van der Waals surface area contributed by atoms with Gasteiger partial charge in [0, 0.05) is 13.2 Å². The normalized spacial score (nSPS) is 28.8. The molecular weight excluding hydrogens is 681 g/mol. The fourth-order valence-electron chi connectivity index (χ4n) is 11.2. The SMILES string of the molecule is C[C@H]1CC[C@]2(C[C@@H](O)C[C@@H](CO[Si](c3ccccc3)(c3ccccc3)C(C)(C)C)C2)C[C@@]12C[C@@H](CCOCc1ccccc1)[C@@H](OCc1ccccc1)C2. The van der Waals surface area contributed by atoms with E-state index in [9.17, 15) is 5.11 Å². The Balaban J connectivity index is 1.09. The summed E-state index contributed by atoms with van der Waals surface area (Å²) in [6, 6.07) is 43.2.